The van der Waals surface area contributed by atoms with E-state index in [-0.39, 0.29) is 17.8 Å². The van der Waals surface area contributed by atoms with Crippen LogP contribution in [0, 0.1) is 17.8 Å². The Kier molecular flexibility index (Phi) is 7.64. The Morgan fingerprint density at radius 2 is 1.96 bits per heavy atom. The van der Waals surface area contributed by atoms with Gasteiger partial charge in [0.25, 0.3) is 0 Å². The Morgan fingerprint density at radius 1 is 1.18 bits per heavy atom. The molecule has 3 nitrogen and oxygen atoms in total. The van der Waals surface area contributed by atoms with E-state index in [9.17, 15) is 9.90 Å². The fourth-order valence-electron chi connectivity index (χ4n) is 4.82. The third-order valence-electron chi connectivity index (χ3n) is 6.28. The minimum atomic E-state index is -0.311. The summed E-state index contributed by atoms with van der Waals surface area (Å²) < 4.78 is 0. The van der Waals surface area contributed by atoms with E-state index >= 15 is 0 Å². The van der Waals surface area contributed by atoms with Gasteiger partial charge in [-0.25, -0.2) is 0 Å². The second kappa shape index (κ2) is 10.2. The van der Waals surface area contributed by atoms with Gasteiger partial charge >= 0.3 is 0 Å². The second-order valence-corrected chi connectivity index (χ2v) is 8.84. The van der Waals surface area contributed by atoms with Crippen molar-refractivity contribution in [1.29, 1.82) is 0 Å². The summed E-state index contributed by atoms with van der Waals surface area (Å²) in [6.45, 7) is 1.17. The smallest absolute Gasteiger partial charge is 0.159 e. The molecule has 1 aromatic carbocycles. The average Bonchev–Trinajstić information content (AvgIpc) is 3.16. The largest absolute Gasteiger partial charge is 0.392 e. The summed E-state index contributed by atoms with van der Waals surface area (Å²) >= 11 is 0. The number of aliphatic hydroxyl groups is 1. The molecule has 2 aliphatic rings. The number of rotatable bonds is 10. The van der Waals surface area contributed by atoms with E-state index in [0.717, 1.165) is 18.4 Å². The predicted molar refractivity (Wildman–Crippen MR) is 115 cm³/mol. The molecule has 0 bridgehead atoms. The summed E-state index contributed by atoms with van der Waals surface area (Å²) in [6.07, 6.45) is 13.2. The van der Waals surface area contributed by atoms with Gasteiger partial charge in [0.2, 0.25) is 0 Å². The molecule has 3 heteroatoms. The number of unbranched alkanes of at least 4 members (excludes halogenated alkanes) is 2. The molecule has 28 heavy (non-hydrogen) atoms. The number of carbonyl (C=O) groups excluding carboxylic acids is 1. The van der Waals surface area contributed by atoms with Crippen molar-refractivity contribution in [2.45, 2.75) is 51.0 Å². The van der Waals surface area contributed by atoms with Crippen molar-refractivity contribution in [3.63, 3.8) is 0 Å². The zero-order valence-electron chi connectivity index (χ0n) is 17.4. The molecule has 0 amide bonds. The van der Waals surface area contributed by atoms with E-state index in [0.29, 0.717) is 18.3 Å². The molecular weight excluding hydrogens is 346 g/mol. The molecule has 0 spiro atoms. The molecular formula is C25H35NO2. The van der Waals surface area contributed by atoms with Crippen molar-refractivity contribution in [1.82, 2.24) is 4.90 Å². The van der Waals surface area contributed by atoms with Crippen LogP contribution in [0.5, 0.6) is 0 Å². The third-order valence-corrected chi connectivity index (χ3v) is 6.28. The van der Waals surface area contributed by atoms with Gasteiger partial charge in [-0.3, -0.25) is 4.79 Å². The molecule has 152 valence electrons. The average molecular weight is 382 g/mol. The van der Waals surface area contributed by atoms with Gasteiger partial charge in [0.1, 0.15) is 0 Å². The number of nitrogens with zero attached hydrogens (tertiary/aromatic N) is 1. The highest BCUT2D eigenvalue weighted by Crippen LogP contribution is 2.48. The van der Waals surface area contributed by atoms with Crippen LogP contribution in [0.4, 0.5) is 0 Å². The van der Waals surface area contributed by atoms with Crippen LogP contribution in [-0.2, 0) is 11.2 Å². The van der Waals surface area contributed by atoms with Gasteiger partial charge in [0, 0.05) is 12.3 Å². The van der Waals surface area contributed by atoms with Crippen LogP contribution in [0.2, 0.25) is 0 Å². The standard InChI is InChI=1S/C25H35NO2/c1-26(2)14-8-4-7-11-20-15-21-18-25(28)23(24(21)17-20)13-12-22(27)16-19-9-5-3-6-10-19/h3,5-6,9-10,12-13,15,21,23-25,28H,4,7-8,11,14,16-18H2,1-2H3/t21-,23+,24-,25+/m0/s1. The van der Waals surface area contributed by atoms with Gasteiger partial charge in [-0.1, -0.05) is 54.5 Å². The zero-order valence-corrected chi connectivity index (χ0v) is 17.4. The van der Waals surface area contributed by atoms with Crippen molar-refractivity contribution < 1.29 is 9.90 Å². The lowest BCUT2D eigenvalue weighted by molar-refractivity contribution is -0.114. The van der Waals surface area contributed by atoms with Gasteiger partial charge in [0.05, 0.1) is 6.10 Å². The molecule has 1 N–H and O–H groups in total. The second-order valence-electron chi connectivity index (χ2n) is 8.84. The van der Waals surface area contributed by atoms with Crippen LogP contribution < -0.4 is 0 Å². The topological polar surface area (TPSA) is 40.5 Å². The van der Waals surface area contributed by atoms with Crippen molar-refractivity contribution in [3.05, 3.63) is 59.7 Å². The van der Waals surface area contributed by atoms with Crippen LogP contribution in [-0.4, -0.2) is 42.5 Å². The molecule has 0 radical (unpaired) electrons. The third kappa shape index (κ3) is 5.89. The lowest BCUT2D eigenvalue weighted by atomic mass is 9.88. The summed E-state index contributed by atoms with van der Waals surface area (Å²) in [5.74, 6) is 1.21. The monoisotopic (exact) mass is 381 g/mol. The van der Waals surface area contributed by atoms with Crippen LogP contribution in [0.1, 0.15) is 44.1 Å². The van der Waals surface area contributed by atoms with Crippen molar-refractivity contribution in [2.75, 3.05) is 20.6 Å². The van der Waals surface area contributed by atoms with Crippen LogP contribution in [0.25, 0.3) is 0 Å². The Hall–Kier alpha value is -1.71. The molecule has 0 aromatic heterocycles. The lowest BCUT2D eigenvalue weighted by Crippen LogP contribution is -2.17. The Bertz CT molecular complexity index is 692. The maximum absolute atomic E-state index is 12.3. The number of aliphatic hydroxyl groups excluding tert-OH is 1. The van der Waals surface area contributed by atoms with Crippen LogP contribution >= 0.6 is 0 Å². The molecule has 0 unspecified atom stereocenters. The van der Waals surface area contributed by atoms with E-state index in [1.54, 1.807) is 11.6 Å². The molecule has 0 saturated heterocycles. The van der Waals surface area contributed by atoms with E-state index in [1.807, 2.05) is 36.4 Å². The Balaban J connectivity index is 1.46. The number of fused-ring (bicyclic) bond motifs is 1. The van der Waals surface area contributed by atoms with Crippen molar-refractivity contribution in [2.24, 2.45) is 17.8 Å². The number of ketones is 1. The maximum Gasteiger partial charge on any atom is 0.159 e. The summed E-state index contributed by atoms with van der Waals surface area (Å²) in [7, 11) is 4.26. The SMILES string of the molecule is CN(C)CCCCCC1=C[C@H]2C[C@@H](O)[C@H](C=CC(=O)Cc3ccccc3)[C@H]2C1. The fraction of sp³-hybridized carbons (Fsp3) is 0.560. The summed E-state index contributed by atoms with van der Waals surface area (Å²) in [5, 5.41) is 10.5. The number of benzene rings is 1. The highest BCUT2D eigenvalue weighted by atomic mass is 16.3. The molecule has 1 saturated carbocycles. The summed E-state index contributed by atoms with van der Waals surface area (Å²) in [4.78, 5) is 14.5. The first-order chi connectivity index (χ1) is 13.5. The van der Waals surface area contributed by atoms with E-state index in [2.05, 4.69) is 25.1 Å². The zero-order chi connectivity index (χ0) is 19.9. The summed E-state index contributed by atoms with van der Waals surface area (Å²) in [6, 6.07) is 9.86. The van der Waals surface area contributed by atoms with Gasteiger partial charge < -0.3 is 10.0 Å². The quantitative estimate of drug-likeness (QED) is 0.370. The number of hydrogen-bond donors (Lipinski definition) is 1. The van der Waals surface area contributed by atoms with Crippen LogP contribution in [0.3, 0.4) is 0 Å². The van der Waals surface area contributed by atoms with E-state index in [1.165, 1.54) is 32.2 Å². The molecule has 1 fully saturated rings. The highest BCUT2D eigenvalue weighted by Gasteiger charge is 2.43. The van der Waals surface area contributed by atoms with Gasteiger partial charge in [-0.05, 0) is 76.2 Å². The minimum absolute atomic E-state index is 0.118. The summed E-state index contributed by atoms with van der Waals surface area (Å²) in [5.41, 5.74) is 2.61. The molecule has 1 aromatic rings. The first-order valence-corrected chi connectivity index (χ1v) is 10.8. The normalized spacial score (nSPS) is 26.8. The molecule has 0 heterocycles. The van der Waals surface area contributed by atoms with E-state index < -0.39 is 0 Å². The molecule has 0 aliphatic heterocycles. The Labute approximate surface area is 170 Å². The maximum atomic E-state index is 12.3. The Morgan fingerprint density at radius 3 is 2.71 bits per heavy atom. The lowest BCUT2D eigenvalue weighted by Gasteiger charge is -2.18. The van der Waals surface area contributed by atoms with Crippen LogP contribution in [0.15, 0.2) is 54.1 Å². The van der Waals surface area contributed by atoms with Gasteiger partial charge in [-0.15, -0.1) is 0 Å². The number of allylic oxidation sites excluding steroid dienone is 3. The molecule has 2 aliphatic carbocycles. The minimum Gasteiger partial charge on any atom is -0.392 e. The van der Waals surface area contributed by atoms with Crippen molar-refractivity contribution in [3.8, 4) is 0 Å². The predicted octanol–water partition coefficient (Wildman–Crippen LogP) is 4.42. The number of carbonyl (C=O) groups is 1. The first kappa shape index (κ1) is 21.0. The van der Waals surface area contributed by atoms with Crippen molar-refractivity contribution >= 4 is 5.78 Å². The molecule has 4 atom stereocenters. The first-order valence-electron chi connectivity index (χ1n) is 10.8. The van der Waals surface area contributed by atoms with Gasteiger partial charge in [0.15, 0.2) is 5.78 Å². The molecule has 3 rings (SSSR count). The number of hydrogen-bond acceptors (Lipinski definition) is 3. The van der Waals surface area contributed by atoms with E-state index in [4.69, 9.17) is 0 Å². The van der Waals surface area contributed by atoms with Gasteiger partial charge in [-0.2, -0.15) is 0 Å². The highest BCUT2D eigenvalue weighted by molar-refractivity contribution is 5.91. The fourth-order valence-corrected chi connectivity index (χ4v) is 4.82.